The van der Waals surface area contributed by atoms with Crippen molar-refractivity contribution in [2.45, 2.75) is 44.8 Å². The summed E-state index contributed by atoms with van der Waals surface area (Å²) < 4.78 is 13.3. The van der Waals surface area contributed by atoms with E-state index in [0.717, 1.165) is 24.0 Å². The summed E-state index contributed by atoms with van der Waals surface area (Å²) in [5, 5.41) is 6.60. The number of hydrogen-bond acceptors (Lipinski definition) is 2. The van der Waals surface area contributed by atoms with E-state index in [4.69, 9.17) is 0 Å². The van der Waals surface area contributed by atoms with Gasteiger partial charge in [-0.1, -0.05) is 56.3 Å². The predicted molar refractivity (Wildman–Crippen MR) is 97.5 cm³/mol. The van der Waals surface area contributed by atoms with E-state index in [2.05, 4.69) is 24.5 Å². The fourth-order valence-electron chi connectivity index (χ4n) is 3.00. The molecule has 0 saturated heterocycles. The average Bonchev–Trinajstić information content (AvgIpc) is 3.41. The second-order valence-corrected chi connectivity index (χ2v) is 7.07. The second kappa shape index (κ2) is 7.79. The molecule has 0 spiro atoms. The molecule has 0 heterocycles. The molecule has 0 bridgehead atoms. The molecule has 3 nitrogen and oxygen atoms in total. The number of benzene rings is 2. The zero-order valence-corrected chi connectivity index (χ0v) is 14.7. The first kappa shape index (κ1) is 17.6. The van der Waals surface area contributed by atoms with Crippen molar-refractivity contribution in [2.24, 2.45) is 5.92 Å². The van der Waals surface area contributed by atoms with Crippen LogP contribution in [0.3, 0.4) is 0 Å². The number of carbonyl (C=O) groups excluding carboxylic acids is 1. The predicted octanol–water partition coefficient (Wildman–Crippen LogP) is 4.13. The highest BCUT2D eigenvalue weighted by atomic mass is 19.1. The van der Waals surface area contributed by atoms with Crippen LogP contribution < -0.4 is 10.6 Å². The highest BCUT2D eigenvalue weighted by Crippen LogP contribution is 2.27. The van der Waals surface area contributed by atoms with E-state index in [-0.39, 0.29) is 23.7 Å². The normalized spacial score (nSPS) is 16.5. The molecule has 0 radical (unpaired) electrons. The quantitative estimate of drug-likeness (QED) is 0.796. The molecule has 3 rings (SSSR count). The molecule has 1 fully saturated rings. The lowest BCUT2D eigenvalue weighted by molar-refractivity contribution is -0.123. The molecule has 2 N–H and O–H groups in total. The van der Waals surface area contributed by atoms with E-state index >= 15 is 0 Å². The molecule has 0 unspecified atom stereocenters. The minimum Gasteiger partial charge on any atom is -0.352 e. The molecule has 132 valence electrons. The summed E-state index contributed by atoms with van der Waals surface area (Å²) in [6.45, 7) is 4.20. The summed E-state index contributed by atoms with van der Waals surface area (Å²) in [4.78, 5) is 12.8. The smallest absolute Gasteiger partial charge is 0.241 e. The fraction of sp³-hybridized carbons (Fsp3) is 0.381. The van der Waals surface area contributed by atoms with Gasteiger partial charge in [0.15, 0.2) is 0 Å². The number of rotatable bonds is 7. The van der Waals surface area contributed by atoms with Gasteiger partial charge < -0.3 is 5.32 Å². The van der Waals surface area contributed by atoms with Crippen LogP contribution in [0.1, 0.15) is 49.9 Å². The standard InChI is InChI=1S/C21H25FN2O/c1-14(2)19(16-8-10-17(22)11-9-16)24-20(15-6-4-3-5-7-15)21(25)23-18-12-13-18/h3-11,14,18-20,24H,12-13H2,1-2H3,(H,23,25)/t19-,20+/m1/s1. The maximum atomic E-state index is 13.3. The maximum absolute atomic E-state index is 13.3. The van der Waals surface area contributed by atoms with E-state index in [1.807, 2.05) is 30.3 Å². The van der Waals surface area contributed by atoms with Crippen molar-refractivity contribution < 1.29 is 9.18 Å². The van der Waals surface area contributed by atoms with E-state index < -0.39 is 6.04 Å². The Hall–Kier alpha value is -2.20. The van der Waals surface area contributed by atoms with Crippen molar-refractivity contribution in [3.8, 4) is 0 Å². The number of halogens is 1. The Balaban J connectivity index is 1.85. The molecule has 0 aromatic heterocycles. The average molecular weight is 340 g/mol. The van der Waals surface area contributed by atoms with Crippen molar-refractivity contribution in [1.29, 1.82) is 0 Å². The summed E-state index contributed by atoms with van der Waals surface area (Å²) in [6.07, 6.45) is 2.11. The molecule has 1 saturated carbocycles. The fourth-order valence-corrected chi connectivity index (χ4v) is 3.00. The Morgan fingerprint density at radius 2 is 1.64 bits per heavy atom. The van der Waals surface area contributed by atoms with Crippen LogP contribution in [0, 0.1) is 11.7 Å². The van der Waals surface area contributed by atoms with Crippen molar-refractivity contribution in [2.75, 3.05) is 0 Å². The molecule has 2 aromatic carbocycles. The second-order valence-electron chi connectivity index (χ2n) is 7.07. The molecule has 0 aliphatic heterocycles. The largest absolute Gasteiger partial charge is 0.352 e. The van der Waals surface area contributed by atoms with Crippen LogP contribution in [0.4, 0.5) is 4.39 Å². The zero-order valence-electron chi connectivity index (χ0n) is 14.7. The zero-order chi connectivity index (χ0) is 17.8. The molecule has 1 aliphatic rings. The minimum absolute atomic E-state index is 0.00135. The van der Waals surface area contributed by atoms with E-state index in [1.54, 1.807) is 12.1 Å². The monoisotopic (exact) mass is 340 g/mol. The first-order chi connectivity index (χ1) is 12.0. The van der Waals surface area contributed by atoms with Gasteiger partial charge in [0, 0.05) is 12.1 Å². The topological polar surface area (TPSA) is 41.1 Å². The molecule has 2 aromatic rings. The Bertz CT molecular complexity index is 696. The van der Waals surface area contributed by atoms with Gasteiger partial charge in [0.05, 0.1) is 0 Å². The Morgan fingerprint density at radius 1 is 1.00 bits per heavy atom. The van der Waals surface area contributed by atoms with E-state index in [0.29, 0.717) is 6.04 Å². The van der Waals surface area contributed by atoms with Crippen LogP contribution >= 0.6 is 0 Å². The first-order valence-corrected chi connectivity index (χ1v) is 8.91. The highest BCUT2D eigenvalue weighted by Gasteiger charge is 2.30. The lowest BCUT2D eigenvalue weighted by atomic mass is 9.93. The number of amides is 1. The van der Waals surface area contributed by atoms with Gasteiger partial charge in [0.25, 0.3) is 0 Å². The van der Waals surface area contributed by atoms with Gasteiger partial charge in [-0.25, -0.2) is 4.39 Å². The summed E-state index contributed by atoms with van der Waals surface area (Å²) in [5.41, 5.74) is 1.92. The van der Waals surface area contributed by atoms with Gasteiger partial charge >= 0.3 is 0 Å². The summed E-state index contributed by atoms with van der Waals surface area (Å²) in [5.74, 6) is 0.00389. The van der Waals surface area contributed by atoms with Crippen LogP contribution in [0.15, 0.2) is 54.6 Å². The molecule has 1 aliphatic carbocycles. The Kier molecular flexibility index (Phi) is 5.49. The maximum Gasteiger partial charge on any atom is 0.241 e. The highest BCUT2D eigenvalue weighted by molar-refractivity contribution is 5.83. The molecule has 1 amide bonds. The molecular weight excluding hydrogens is 315 g/mol. The van der Waals surface area contributed by atoms with Gasteiger partial charge in [-0.3, -0.25) is 10.1 Å². The van der Waals surface area contributed by atoms with Crippen molar-refractivity contribution in [3.63, 3.8) is 0 Å². The Labute approximate surface area is 148 Å². The molecule has 25 heavy (non-hydrogen) atoms. The van der Waals surface area contributed by atoms with Crippen molar-refractivity contribution in [1.82, 2.24) is 10.6 Å². The van der Waals surface area contributed by atoms with Crippen LogP contribution in [0.5, 0.6) is 0 Å². The van der Waals surface area contributed by atoms with Gasteiger partial charge in [-0.2, -0.15) is 0 Å². The SMILES string of the molecule is CC(C)[C@@H](N[C@H](C(=O)NC1CC1)c1ccccc1)c1ccc(F)cc1. The third-order valence-electron chi connectivity index (χ3n) is 4.56. The lowest BCUT2D eigenvalue weighted by Crippen LogP contribution is -2.41. The Morgan fingerprint density at radius 3 is 2.20 bits per heavy atom. The van der Waals surface area contributed by atoms with Crippen molar-refractivity contribution >= 4 is 5.91 Å². The summed E-state index contributed by atoms with van der Waals surface area (Å²) >= 11 is 0. The molecular formula is C21H25FN2O. The number of nitrogens with one attached hydrogen (secondary N) is 2. The van der Waals surface area contributed by atoms with Crippen LogP contribution in [-0.2, 0) is 4.79 Å². The van der Waals surface area contributed by atoms with Crippen LogP contribution in [-0.4, -0.2) is 11.9 Å². The van der Waals surface area contributed by atoms with E-state index in [1.165, 1.54) is 12.1 Å². The minimum atomic E-state index is -0.431. The summed E-state index contributed by atoms with van der Waals surface area (Å²) in [7, 11) is 0. The van der Waals surface area contributed by atoms with Gasteiger partial charge in [-0.15, -0.1) is 0 Å². The van der Waals surface area contributed by atoms with E-state index in [9.17, 15) is 9.18 Å². The third-order valence-corrected chi connectivity index (χ3v) is 4.56. The third kappa shape index (κ3) is 4.67. The van der Waals surface area contributed by atoms with Crippen LogP contribution in [0.25, 0.3) is 0 Å². The number of carbonyl (C=O) groups is 1. The van der Waals surface area contributed by atoms with Gasteiger partial charge in [0.2, 0.25) is 5.91 Å². The first-order valence-electron chi connectivity index (χ1n) is 8.91. The molecule has 4 heteroatoms. The summed E-state index contributed by atoms with van der Waals surface area (Å²) in [6, 6.07) is 16.1. The van der Waals surface area contributed by atoms with Gasteiger partial charge in [-0.05, 0) is 42.0 Å². The van der Waals surface area contributed by atoms with Crippen LogP contribution in [0.2, 0.25) is 0 Å². The van der Waals surface area contributed by atoms with Gasteiger partial charge in [0.1, 0.15) is 11.9 Å². The molecule has 2 atom stereocenters. The van der Waals surface area contributed by atoms with Crippen molar-refractivity contribution in [3.05, 3.63) is 71.5 Å². The number of hydrogen-bond donors (Lipinski definition) is 2. The lowest BCUT2D eigenvalue weighted by Gasteiger charge is -2.28.